The van der Waals surface area contributed by atoms with Crippen molar-refractivity contribution in [1.29, 1.82) is 0 Å². The SMILES string of the molecule is O=C(C1CC2CCC1C2)N1CCCc2cccc(F)c21. The molecule has 0 radical (unpaired) electrons. The number of anilines is 1. The van der Waals surface area contributed by atoms with Gasteiger partial charge in [-0.25, -0.2) is 4.39 Å². The van der Waals surface area contributed by atoms with E-state index in [1.54, 1.807) is 11.0 Å². The van der Waals surface area contributed by atoms with E-state index in [2.05, 4.69) is 0 Å². The fourth-order valence-electron chi connectivity index (χ4n) is 4.57. The van der Waals surface area contributed by atoms with Crippen LogP contribution in [0.1, 0.15) is 37.7 Å². The highest BCUT2D eigenvalue weighted by Crippen LogP contribution is 2.49. The van der Waals surface area contributed by atoms with E-state index in [1.807, 2.05) is 6.07 Å². The minimum Gasteiger partial charge on any atom is -0.309 e. The number of hydrogen-bond acceptors (Lipinski definition) is 1. The summed E-state index contributed by atoms with van der Waals surface area (Å²) in [5, 5.41) is 0. The summed E-state index contributed by atoms with van der Waals surface area (Å²) < 4.78 is 14.2. The van der Waals surface area contributed by atoms with Crippen LogP contribution in [0.5, 0.6) is 0 Å². The van der Waals surface area contributed by atoms with Gasteiger partial charge in [0, 0.05) is 12.5 Å². The molecule has 0 spiro atoms. The van der Waals surface area contributed by atoms with Gasteiger partial charge in [-0.2, -0.15) is 0 Å². The van der Waals surface area contributed by atoms with Crippen molar-refractivity contribution in [2.75, 3.05) is 11.4 Å². The van der Waals surface area contributed by atoms with Crippen LogP contribution >= 0.6 is 0 Å². The molecular formula is C17H20FNO. The van der Waals surface area contributed by atoms with Gasteiger partial charge in [0.05, 0.1) is 5.69 Å². The minimum absolute atomic E-state index is 0.152. The first kappa shape index (κ1) is 12.4. The van der Waals surface area contributed by atoms with E-state index in [0.717, 1.165) is 30.7 Å². The summed E-state index contributed by atoms with van der Waals surface area (Å²) in [5.74, 6) is 1.41. The number of carbonyl (C=O) groups is 1. The first-order chi connectivity index (χ1) is 9.74. The monoisotopic (exact) mass is 273 g/mol. The fraction of sp³-hybridized carbons (Fsp3) is 0.588. The molecule has 2 aliphatic carbocycles. The highest BCUT2D eigenvalue weighted by atomic mass is 19.1. The van der Waals surface area contributed by atoms with Crippen molar-refractivity contribution in [2.24, 2.45) is 17.8 Å². The molecule has 2 nitrogen and oxygen atoms in total. The molecule has 0 aromatic heterocycles. The zero-order valence-electron chi connectivity index (χ0n) is 11.6. The largest absolute Gasteiger partial charge is 0.309 e. The number of amides is 1. The first-order valence-electron chi connectivity index (χ1n) is 7.83. The van der Waals surface area contributed by atoms with Crippen LogP contribution in [0.4, 0.5) is 10.1 Å². The Balaban J connectivity index is 1.65. The standard InChI is InChI=1S/C17H20FNO/c18-15-5-1-3-12-4-2-8-19(16(12)15)17(20)14-10-11-6-7-13(14)9-11/h1,3,5,11,13-14H,2,4,6-10H2. The Kier molecular flexibility index (Phi) is 2.83. The van der Waals surface area contributed by atoms with E-state index in [0.29, 0.717) is 18.2 Å². The van der Waals surface area contributed by atoms with Crippen LogP contribution in [0, 0.1) is 23.6 Å². The molecule has 106 valence electrons. The maximum Gasteiger partial charge on any atom is 0.230 e. The molecule has 1 aliphatic heterocycles. The molecule has 1 aromatic carbocycles. The highest BCUT2D eigenvalue weighted by Gasteiger charge is 2.45. The van der Waals surface area contributed by atoms with Crippen LogP contribution in [-0.2, 0) is 11.2 Å². The molecule has 1 heterocycles. The molecule has 2 fully saturated rings. The Bertz CT molecular complexity index is 556. The maximum absolute atomic E-state index is 14.2. The Morgan fingerprint density at radius 3 is 2.90 bits per heavy atom. The molecule has 1 aromatic rings. The lowest BCUT2D eigenvalue weighted by Crippen LogP contribution is -2.41. The van der Waals surface area contributed by atoms with Gasteiger partial charge in [-0.15, -0.1) is 0 Å². The molecule has 4 rings (SSSR count). The molecule has 3 atom stereocenters. The van der Waals surface area contributed by atoms with Gasteiger partial charge in [-0.1, -0.05) is 18.6 Å². The Morgan fingerprint density at radius 2 is 2.15 bits per heavy atom. The van der Waals surface area contributed by atoms with Crippen molar-refractivity contribution in [3.05, 3.63) is 29.6 Å². The minimum atomic E-state index is -0.237. The normalized spacial score (nSPS) is 31.4. The van der Waals surface area contributed by atoms with E-state index in [1.165, 1.54) is 25.3 Å². The summed E-state index contributed by atoms with van der Waals surface area (Å²) in [6, 6.07) is 5.18. The van der Waals surface area contributed by atoms with Gasteiger partial charge >= 0.3 is 0 Å². The van der Waals surface area contributed by atoms with Crippen molar-refractivity contribution in [3.8, 4) is 0 Å². The molecule has 2 bridgehead atoms. The summed E-state index contributed by atoms with van der Waals surface area (Å²) in [5.41, 5.74) is 1.55. The third-order valence-electron chi connectivity index (χ3n) is 5.49. The third-order valence-corrected chi connectivity index (χ3v) is 5.49. The van der Waals surface area contributed by atoms with Crippen molar-refractivity contribution < 1.29 is 9.18 Å². The van der Waals surface area contributed by atoms with Crippen LogP contribution in [0.25, 0.3) is 0 Å². The van der Waals surface area contributed by atoms with E-state index in [-0.39, 0.29) is 17.6 Å². The number of aryl methyl sites for hydroxylation is 1. The average molecular weight is 273 g/mol. The predicted molar refractivity (Wildman–Crippen MR) is 76.0 cm³/mol. The van der Waals surface area contributed by atoms with Crippen LogP contribution in [0.3, 0.4) is 0 Å². The molecule has 3 heteroatoms. The summed E-state index contributed by atoms with van der Waals surface area (Å²) in [7, 11) is 0. The molecule has 0 saturated heterocycles. The van der Waals surface area contributed by atoms with Crippen molar-refractivity contribution >= 4 is 11.6 Å². The van der Waals surface area contributed by atoms with Gasteiger partial charge < -0.3 is 4.90 Å². The number of halogens is 1. The van der Waals surface area contributed by atoms with Crippen molar-refractivity contribution in [2.45, 2.75) is 38.5 Å². The smallest absolute Gasteiger partial charge is 0.230 e. The van der Waals surface area contributed by atoms with Crippen LogP contribution in [0.15, 0.2) is 18.2 Å². The molecule has 0 N–H and O–H groups in total. The topological polar surface area (TPSA) is 20.3 Å². The summed E-state index contributed by atoms with van der Waals surface area (Å²) in [6.07, 6.45) is 6.56. The van der Waals surface area contributed by atoms with Crippen molar-refractivity contribution in [3.63, 3.8) is 0 Å². The average Bonchev–Trinajstić information content (AvgIpc) is 3.09. The maximum atomic E-state index is 14.2. The van der Waals surface area contributed by atoms with Gasteiger partial charge in [0.15, 0.2) is 0 Å². The van der Waals surface area contributed by atoms with E-state index < -0.39 is 0 Å². The quantitative estimate of drug-likeness (QED) is 0.766. The second-order valence-electron chi connectivity index (χ2n) is 6.62. The van der Waals surface area contributed by atoms with Crippen LogP contribution < -0.4 is 4.90 Å². The van der Waals surface area contributed by atoms with Gasteiger partial charge in [-0.3, -0.25) is 4.79 Å². The second-order valence-corrected chi connectivity index (χ2v) is 6.62. The number of rotatable bonds is 1. The molecule has 3 unspecified atom stereocenters. The zero-order valence-corrected chi connectivity index (χ0v) is 11.6. The highest BCUT2D eigenvalue weighted by molar-refractivity contribution is 5.96. The number of fused-ring (bicyclic) bond motifs is 3. The van der Waals surface area contributed by atoms with E-state index in [4.69, 9.17) is 0 Å². The van der Waals surface area contributed by atoms with Crippen molar-refractivity contribution in [1.82, 2.24) is 0 Å². The molecule has 1 amide bonds. The number of para-hydroxylation sites is 1. The summed E-state index contributed by atoms with van der Waals surface area (Å²) in [6.45, 7) is 0.681. The van der Waals surface area contributed by atoms with E-state index >= 15 is 0 Å². The molecule has 2 saturated carbocycles. The fourth-order valence-corrected chi connectivity index (χ4v) is 4.57. The lowest BCUT2D eigenvalue weighted by Gasteiger charge is -2.34. The van der Waals surface area contributed by atoms with Gasteiger partial charge in [0.2, 0.25) is 5.91 Å². The third kappa shape index (κ3) is 1.79. The lowest BCUT2D eigenvalue weighted by molar-refractivity contribution is -0.124. The molecular weight excluding hydrogens is 253 g/mol. The molecule has 20 heavy (non-hydrogen) atoms. The van der Waals surface area contributed by atoms with Crippen LogP contribution in [0.2, 0.25) is 0 Å². The number of carbonyl (C=O) groups excluding carboxylic acids is 1. The molecule has 3 aliphatic rings. The number of benzene rings is 1. The lowest BCUT2D eigenvalue weighted by atomic mass is 9.87. The van der Waals surface area contributed by atoms with Crippen LogP contribution in [-0.4, -0.2) is 12.5 Å². The first-order valence-corrected chi connectivity index (χ1v) is 7.83. The van der Waals surface area contributed by atoms with Gasteiger partial charge in [0.25, 0.3) is 0 Å². The van der Waals surface area contributed by atoms with E-state index in [9.17, 15) is 9.18 Å². The predicted octanol–water partition coefficient (Wildman–Crippen LogP) is 3.54. The van der Waals surface area contributed by atoms with Gasteiger partial charge in [0.1, 0.15) is 5.82 Å². The zero-order chi connectivity index (χ0) is 13.7. The Morgan fingerprint density at radius 1 is 1.25 bits per heavy atom. The second kappa shape index (κ2) is 4.57. The van der Waals surface area contributed by atoms with Gasteiger partial charge in [-0.05, 0) is 55.6 Å². The number of hydrogen-bond donors (Lipinski definition) is 0. The summed E-state index contributed by atoms with van der Waals surface area (Å²) >= 11 is 0. The Labute approximate surface area is 119 Å². The Hall–Kier alpha value is -1.38. The number of nitrogens with zero attached hydrogens (tertiary/aromatic N) is 1. The summed E-state index contributed by atoms with van der Waals surface area (Å²) in [4.78, 5) is 14.6.